The first-order valence-electron chi connectivity index (χ1n) is 7.32. The van der Waals surface area contributed by atoms with Gasteiger partial charge < -0.3 is 15.3 Å². The molecule has 0 spiro atoms. The maximum atomic E-state index is 12.8. The van der Waals surface area contributed by atoms with Gasteiger partial charge in [0.25, 0.3) is 0 Å². The number of hydrogen-bond donors (Lipinski definition) is 2. The van der Waals surface area contributed by atoms with Crippen LogP contribution in [0.15, 0.2) is 0 Å². The topological polar surface area (TPSA) is 69.6 Å². The van der Waals surface area contributed by atoms with Crippen molar-refractivity contribution in [1.29, 1.82) is 0 Å². The van der Waals surface area contributed by atoms with Crippen LogP contribution in [0.2, 0.25) is 0 Å². The molecule has 0 aliphatic carbocycles. The minimum atomic E-state index is -0.773. The molecule has 5 heteroatoms. The number of rotatable bonds is 4. The van der Waals surface area contributed by atoms with Crippen molar-refractivity contribution in [1.82, 2.24) is 10.2 Å². The van der Waals surface area contributed by atoms with Crippen molar-refractivity contribution < 1.29 is 14.7 Å². The van der Waals surface area contributed by atoms with E-state index < -0.39 is 5.97 Å². The lowest BCUT2D eigenvalue weighted by Gasteiger charge is -2.39. The normalized spacial score (nSPS) is 26.4. The zero-order chi connectivity index (χ0) is 13.9. The van der Waals surface area contributed by atoms with E-state index in [1.54, 1.807) is 4.90 Å². The van der Waals surface area contributed by atoms with E-state index in [9.17, 15) is 9.59 Å². The smallest absolute Gasteiger partial charge is 0.308 e. The number of carboxylic acid groups (broad SMARTS) is 1. The standard InChI is InChI=1S/C14H24N2O3/c1-2-4-14(5-7-15-8-6-14)13(19)16-9-3-11(10-16)12(17)18/h11,15H,2-10H2,1H3,(H,17,18). The summed E-state index contributed by atoms with van der Waals surface area (Å²) in [6.07, 6.45) is 4.28. The molecule has 2 fully saturated rings. The number of carboxylic acids is 1. The molecule has 0 aromatic heterocycles. The molecule has 0 saturated carbocycles. The lowest BCUT2D eigenvalue weighted by molar-refractivity contribution is -0.144. The van der Waals surface area contributed by atoms with Crippen LogP contribution in [0, 0.1) is 11.3 Å². The predicted octanol–water partition coefficient (Wildman–Crippen LogP) is 1.09. The van der Waals surface area contributed by atoms with E-state index >= 15 is 0 Å². The second-order valence-electron chi connectivity index (χ2n) is 5.86. The van der Waals surface area contributed by atoms with Crippen LogP contribution in [0.25, 0.3) is 0 Å². The Morgan fingerprint density at radius 1 is 1.37 bits per heavy atom. The molecule has 2 rings (SSSR count). The van der Waals surface area contributed by atoms with Crippen LogP contribution in [0.4, 0.5) is 0 Å². The van der Waals surface area contributed by atoms with E-state index in [0.717, 1.165) is 38.8 Å². The molecule has 0 aromatic rings. The number of nitrogens with zero attached hydrogens (tertiary/aromatic N) is 1. The summed E-state index contributed by atoms with van der Waals surface area (Å²) in [7, 11) is 0. The first-order chi connectivity index (χ1) is 9.09. The highest BCUT2D eigenvalue weighted by molar-refractivity contribution is 5.84. The minimum absolute atomic E-state index is 0.194. The van der Waals surface area contributed by atoms with Crippen molar-refractivity contribution in [2.75, 3.05) is 26.2 Å². The van der Waals surface area contributed by atoms with Crippen molar-refractivity contribution >= 4 is 11.9 Å². The van der Waals surface area contributed by atoms with E-state index in [0.29, 0.717) is 19.5 Å². The Bertz CT molecular complexity index is 345. The molecule has 0 radical (unpaired) electrons. The number of amides is 1. The Hall–Kier alpha value is -1.10. The van der Waals surface area contributed by atoms with E-state index in [1.165, 1.54) is 0 Å². The third-order valence-electron chi connectivity index (χ3n) is 4.57. The maximum absolute atomic E-state index is 12.8. The number of nitrogens with one attached hydrogen (secondary N) is 1. The van der Waals surface area contributed by atoms with E-state index in [2.05, 4.69) is 12.2 Å². The molecule has 2 saturated heterocycles. The molecule has 19 heavy (non-hydrogen) atoms. The number of carbonyl (C=O) groups excluding carboxylic acids is 1. The van der Waals surface area contributed by atoms with Gasteiger partial charge >= 0.3 is 5.97 Å². The molecule has 0 bridgehead atoms. The minimum Gasteiger partial charge on any atom is -0.481 e. The molecule has 2 heterocycles. The SMILES string of the molecule is CCCC1(C(=O)N2CCC(C(=O)O)C2)CCNCC1. The van der Waals surface area contributed by atoms with Gasteiger partial charge in [0.1, 0.15) is 0 Å². The maximum Gasteiger partial charge on any atom is 0.308 e. The summed E-state index contributed by atoms with van der Waals surface area (Å²) in [5, 5.41) is 12.3. The molecule has 5 nitrogen and oxygen atoms in total. The van der Waals surface area contributed by atoms with Crippen LogP contribution in [0.3, 0.4) is 0 Å². The summed E-state index contributed by atoms with van der Waals surface area (Å²) in [5.41, 5.74) is -0.243. The number of carbonyl (C=O) groups is 2. The van der Waals surface area contributed by atoms with Crippen molar-refractivity contribution in [2.45, 2.75) is 39.0 Å². The Balaban J connectivity index is 2.05. The fraction of sp³-hybridized carbons (Fsp3) is 0.857. The highest BCUT2D eigenvalue weighted by Crippen LogP contribution is 2.37. The van der Waals surface area contributed by atoms with Crippen LogP contribution >= 0.6 is 0 Å². The highest BCUT2D eigenvalue weighted by atomic mass is 16.4. The summed E-state index contributed by atoms with van der Waals surface area (Å²) in [4.78, 5) is 25.6. The van der Waals surface area contributed by atoms with Crippen LogP contribution < -0.4 is 5.32 Å². The van der Waals surface area contributed by atoms with Gasteiger partial charge in [0, 0.05) is 13.1 Å². The molecule has 108 valence electrons. The number of likely N-dealkylation sites (tertiary alicyclic amines) is 1. The molecule has 1 amide bonds. The zero-order valence-electron chi connectivity index (χ0n) is 11.7. The molecule has 0 aromatic carbocycles. The van der Waals surface area contributed by atoms with E-state index in [4.69, 9.17) is 5.11 Å². The summed E-state index contributed by atoms with van der Waals surface area (Å²) >= 11 is 0. The fourth-order valence-corrected chi connectivity index (χ4v) is 3.44. The van der Waals surface area contributed by atoms with Gasteiger partial charge in [-0.15, -0.1) is 0 Å². The van der Waals surface area contributed by atoms with Crippen LogP contribution in [-0.2, 0) is 9.59 Å². The zero-order valence-corrected chi connectivity index (χ0v) is 11.7. The number of aliphatic carboxylic acids is 1. The lowest BCUT2D eigenvalue weighted by atomic mass is 9.74. The molecule has 1 unspecified atom stereocenters. The van der Waals surface area contributed by atoms with Gasteiger partial charge in [-0.05, 0) is 38.8 Å². The summed E-state index contributed by atoms with van der Waals surface area (Å²) in [6.45, 7) is 4.90. The van der Waals surface area contributed by atoms with Crippen LogP contribution in [0.5, 0.6) is 0 Å². The third-order valence-corrected chi connectivity index (χ3v) is 4.57. The van der Waals surface area contributed by atoms with Gasteiger partial charge in [-0.1, -0.05) is 13.3 Å². The van der Waals surface area contributed by atoms with Crippen molar-refractivity contribution in [2.24, 2.45) is 11.3 Å². The first-order valence-corrected chi connectivity index (χ1v) is 7.32. The Morgan fingerprint density at radius 2 is 2.05 bits per heavy atom. The van der Waals surface area contributed by atoms with E-state index in [1.807, 2.05) is 0 Å². The van der Waals surface area contributed by atoms with Gasteiger partial charge in [0.05, 0.1) is 11.3 Å². The third kappa shape index (κ3) is 2.91. The average molecular weight is 268 g/mol. The predicted molar refractivity (Wildman–Crippen MR) is 71.8 cm³/mol. The molecular formula is C14H24N2O3. The fourth-order valence-electron chi connectivity index (χ4n) is 3.44. The monoisotopic (exact) mass is 268 g/mol. The summed E-state index contributed by atoms with van der Waals surface area (Å²) in [6, 6.07) is 0. The van der Waals surface area contributed by atoms with Crippen LogP contribution in [0.1, 0.15) is 39.0 Å². The first kappa shape index (κ1) is 14.3. The quantitative estimate of drug-likeness (QED) is 0.801. The van der Waals surface area contributed by atoms with Crippen molar-refractivity contribution in [3.05, 3.63) is 0 Å². The van der Waals surface area contributed by atoms with Crippen molar-refractivity contribution in [3.8, 4) is 0 Å². The highest BCUT2D eigenvalue weighted by Gasteiger charge is 2.43. The second kappa shape index (κ2) is 5.90. The van der Waals surface area contributed by atoms with Gasteiger partial charge in [0.15, 0.2) is 0 Å². The van der Waals surface area contributed by atoms with Gasteiger partial charge in [-0.2, -0.15) is 0 Å². The lowest BCUT2D eigenvalue weighted by Crippen LogP contribution is -2.48. The largest absolute Gasteiger partial charge is 0.481 e. The van der Waals surface area contributed by atoms with Crippen molar-refractivity contribution in [3.63, 3.8) is 0 Å². The molecule has 1 atom stereocenters. The number of hydrogen-bond acceptors (Lipinski definition) is 3. The summed E-state index contributed by atoms with van der Waals surface area (Å²) < 4.78 is 0. The Labute approximate surface area is 114 Å². The molecule has 2 N–H and O–H groups in total. The molecular weight excluding hydrogens is 244 g/mol. The molecule has 2 aliphatic heterocycles. The van der Waals surface area contributed by atoms with Gasteiger partial charge in [-0.25, -0.2) is 0 Å². The summed E-state index contributed by atoms with van der Waals surface area (Å²) in [5.74, 6) is -0.950. The number of piperidine rings is 1. The molecule has 2 aliphatic rings. The van der Waals surface area contributed by atoms with Gasteiger partial charge in [-0.3, -0.25) is 9.59 Å². The Kier molecular flexibility index (Phi) is 4.45. The van der Waals surface area contributed by atoms with Gasteiger partial charge in [0.2, 0.25) is 5.91 Å². The van der Waals surface area contributed by atoms with E-state index in [-0.39, 0.29) is 17.2 Å². The average Bonchev–Trinajstić information content (AvgIpc) is 2.89. The van der Waals surface area contributed by atoms with Crippen LogP contribution in [-0.4, -0.2) is 48.1 Å². The Morgan fingerprint density at radius 3 is 2.58 bits per heavy atom. The second-order valence-corrected chi connectivity index (χ2v) is 5.86.